The zero-order chi connectivity index (χ0) is 17.0. The molecular formula is C18H12S. The van der Waals surface area contributed by atoms with Crippen LogP contribution in [0.15, 0.2) is 72.7 Å². The van der Waals surface area contributed by atoms with Gasteiger partial charge in [-0.2, -0.15) is 0 Å². The molecule has 3 aromatic carbocycles. The summed E-state index contributed by atoms with van der Waals surface area (Å²) in [5, 5.41) is 1.98. The van der Waals surface area contributed by atoms with Crippen molar-refractivity contribution < 1.29 is 6.85 Å². The van der Waals surface area contributed by atoms with Gasteiger partial charge in [0.15, 0.2) is 0 Å². The molecule has 0 atom stereocenters. The molecule has 0 aliphatic carbocycles. The molecule has 0 unspecified atom stereocenters. The first-order valence-electron chi connectivity index (χ1n) is 8.48. The van der Waals surface area contributed by atoms with Gasteiger partial charge in [-0.05, 0) is 23.3 Å². The Bertz CT molecular complexity index is 1080. The Morgan fingerprint density at radius 3 is 2.47 bits per heavy atom. The quantitative estimate of drug-likeness (QED) is 0.413. The molecule has 4 rings (SSSR count). The van der Waals surface area contributed by atoms with Crippen LogP contribution in [0.25, 0.3) is 31.3 Å². The van der Waals surface area contributed by atoms with Gasteiger partial charge in [0.05, 0.1) is 6.85 Å². The van der Waals surface area contributed by atoms with Gasteiger partial charge in [0, 0.05) is 20.2 Å². The molecule has 0 amide bonds. The lowest BCUT2D eigenvalue weighted by Crippen LogP contribution is -1.78. The van der Waals surface area contributed by atoms with E-state index in [4.69, 9.17) is 6.85 Å². The maximum absolute atomic E-state index is 8.24. The molecule has 1 heterocycles. The zero-order valence-corrected chi connectivity index (χ0v) is 10.8. The van der Waals surface area contributed by atoms with E-state index in [-0.39, 0.29) is 35.8 Å². The summed E-state index contributed by atoms with van der Waals surface area (Å²) >= 11 is 1.64. The average molecular weight is 265 g/mol. The first-order chi connectivity index (χ1) is 11.5. The second kappa shape index (κ2) is 4.22. The highest BCUT2D eigenvalue weighted by Crippen LogP contribution is 2.39. The summed E-state index contributed by atoms with van der Waals surface area (Å²) in [6, 6.07) is 12.4. The van der Waals surface area contributed by atoms with Gasteiger partial charge in [0.2, 0.25) is 0 Å². The van der Waals surface area contributed by atoms with Crippen LogP contribution in [0, 0.1) is 0 Å². The van der Waals surface area contributed by atoms with Crippen molar-refractivity contribution >= 4 is 31.5 Å². The zero-order valence-electron chi connectivity index (χ0n) is 14.9. The summed E-state index contributed by atoms with van der Waals surface area (Å²) in [6.07, 6.45) is 0. The van der Waals surface area contributed by atoms with Crippen LogP contribution in [-0.2, 0) is 0 Å². The molecule has 0 bridgehead atoms. The number of benzene rings is 3. The van der Waals surface area contributed by atoms with E-state index in [1.54, 1.807) is 11.3 Å². The monoisotopic (exact) mass is 265 g/mol. The highest BCUT2D eigenvalue weighted by molar-refractivity contribution is 7.25. The SMILES string of the molecule is [2H]c1c([2H])c([2H])c(-c2cccc3sc4ccccc4c23)c([2H])c1[2H]. The second-order valence-electron chi connectivity index (χ2n) is 4.28. The maximum Gasteiger partial charge on any atom is 0.0629 e. The Labute approximate surface area is 123 Å². The lowest BCUT2D eigenvalue weighted by molar-refractivity contribution is 1.67. The van der Waals surface area contributed by atoms with Gasteiger partial charge in [-0.25, -0.2) is 0 Å². The van der Waals surface area contributed by atoms with E-state index in [1.165, 1.54) is 0 Å². The molecule has 1 heteroatoms. The van der Waals surface area contributed by atoms with Gasteiger partial charge < -0.3 is 0 Å². The van der Waals surface area contributed by atoms with Crippen molar-refractivity contribution in [1.29, 1.82) is 0 Å². The summed E-state index contributed by atoms with van der Waals surface area (Å²) in [5.41, 5.74) is 0.942. The third kappa shape index (κ3) is 1.66. The molecule has 0 fully saturated rings. The fraction of sp³-hybridized carbons (Fsp3) is 0. The molecule has 90 valence electrons. The molecule has 0 spiro atoms. The number of hydrogen-bond donors (Lipinski definition) is 0. The van der Waals surface area contributed by atoms with Crippen LogP contribution in [0.1, 0.15) is 6.85 Å². The smallest absolute Gasteiger partial charge is 0.0629 e. The van der Waals surface area contributed by atoms with Crippen molar-refractivity contribution in [2.45, 2.75) is 0 Å². The van der Waals surface area contributed by atoms with E-state index >= 15 is 0 Å². The minimum atomic E-state index is -0.365. The standard InChI is InChI=1S/C18H12S/c1-2-7-13(8-3-1)14-10-6-12-17-18(14)15-9-4-5-11-16(15)19-17/h1-12H/i1D,2D,3D,7D,8D. The number of fused-ring (bicyclic) bond motifs is 3. The first-order valence-corrected chi connectivity index (χ1v) is 6.80. The largest absolute Gasteiger partial charge is 0.135 e. The average Bonchev–Trinajstić information content (AvgIpc) is 2.98. The lowest BCUT2D eigenvalue weighted by Gasteiger charge is -2.04. The van der Waals surface area contributed by atoms with Crippen molar-refractivity contribution in [3.05, 3.63) is 72.7 Å². The van der Waals surface area contributed by atoms with Crippen molar-refractivity contribution in [1.82, 2.24) is 0 Å². The molecular weight excluding hydrogens is 248 g/mol. The maximum atomic E-state index is 8.24. The van der Waals surface area contributed by atoms with Gasteiger partial charge in [-0.15, -0.1) is 11.3 Å². The Morgan fingerprint density at radius 2 is 1.58 bits per heavy atom. The van der Waals surface area contributed by atoms with Gasteiger partial charge in [0.25, 0.3) is 0 Å². The summed E-state index contributed by atoms with van der Waals surface area (Å²) in [6.45, 7) is 0. The van der Waals surface area contributed by atoms with Gasteiger partial charge in [0.1, 0.15) is 0 Å². The lowest BCUT2D eigenvalue weighted by atomic mass is 10.00. The molecule has 0 saturated carbocycles. The van der Waals surface area contributed by atoms with Crippen LogP contribution >= 0.6 is 11.3 Å². The summed E-state index contributed by atoms with van der Waals surface area (Å²) in [7, 11) is 0. The minimum Gasteiger partial charge on any atom is -0.135 e. The molecule has 0 aliphatic heterocycles. The topological polar surface area (TPSA) is 0 Å². The van der Waals surface area contributed by atoms with Crippen LogP contribution in [0.2, 0.25) is 0 Å². The Hall–Kier alpha value is -2.12. The van der Waals surface area contributed by atoms with Crippen molar-refractivity contribution in [3.63, 3.8) is 0 Å². The molecule has 0 N–H and O–H groups in total. The van der Waals surface area contributed by atoms with E-state index in [0.717, 1.165) is 20.2 Å². The predicted octanol–water partition coefficient (Wildman–Crippen LogP) is 5.72. The number of rotatable bonds is 1. The summed E-state index contributed by atoms with van der Waals surface area (Å²) < 4.78 is 42.2. The second-order valence-corrected chi connectivity index (χ2v) is 5.36. The Balaban J connectivity index is 2.20. The van der Waals surface area contributed by atoms with Gasteiger partial charge in [-0.1, -0.05) is 60.5 Å². The third-order valence-electron chi connectivity index (χ3n) is 3.17. The highest BCUT2D eigenvalue weighted by Gasteiger charge is 2.09. The molecule has 0 radical (unpaired) electrons. The van der Waals surface area contributed by atoms with Crippen LogP contribution in [0.4, 0.5) is 0 Å². The minimum absolute atomic E-state index is 0.163. The molecule has 0 saturated heterocycles. The highest BCUT2D eigenvalue weighted by atomic mass is 32.1. The third-order valence-corrected chi connectivity index (χ3v) is 4.31. The molecule has 19 heavy (non-hydrogen) atoms. The van der Waals surface area contributed by atoms with Crippen molar-refractivity contribution in [3.8, 4) is 11.1 Å². The normalized spacial score (nSPS) is 14.8. The van der Waals surface area contributed by atoms with Gasteiger partial charge in [-0.3, -0.25) is 0 Å². The van der Waals surface area contributed by atoms with Gasteiger partial charge >= 0.3 is 0 Å². The molecule has 0 aliphatic rings. The van der Waals surface area contributed by atoms with E-state index in [2.05, 4.69) is 0 Å². The van der Waals surface area contributed by atoms with E-state index < -0.39 is 0 Å². The Morgan fingerprint density at radius 1 is 0.789 bits per heavy atom. The molecule has 4 aromatic rings. The predicted molar refractivity (Wildman–Crippen MR) is 84.8 cm³/mol. The summed E-state index contributed by atoms with van der Waals surface area (Å²) in [5.74, 6) is 0. The van der Waals surface area contributed by atoms with E-state index in [0.29, 0.717) is 5.56 Å². The van der Waals surface area contributed by atoms with Crippen LogP contribution in [0.3, 0.4) is 0 Å². The number of thiophene rings is 1. The van der Waals surface area contributed by atoms with E-state index in [9.17, 15) is 0 Å². The first kappa shape index (κ1) is 6.88. The van der Waals surface area contributed by atoms with Crippen molar-refractivity contribution in [2.75, 3.05) is 0 Å². The van der Waals surface area contributed by atoms with Crippen LogP contribution in [0.5, 0.6) is 0 Å². The molecule has 1 aromatic heterocycles. The van der Waals surface area contributed by atoms with Crippen LogP contribution in [-0.4, -0.2) is 0 Å². The summed E-state index contributed by atoms with van der Waals surface area (Å²) in [4.78, 5) is 0. The number of hydrogen-bond acceptors (Lipinski definition) is 1. The fourth-order valence-electron chi connectivity index (χ4n) is 2.37. The fourth-order valence-corrected chi connectivity index (χ4v) is 3.50. The Kier molecular flexibility index (Phi) is 1.53. The molecule has 0 nitrogen and oxygen atoms in total. The van der Waals surface area contributed by atoms with Crippen molar-refractivity contribution in [2.24, 2.45) is 0 Å². The van der Waals surface area contributed by atoms with Crippen LogP contribution < -0.4 is 0 Å². The van der Waals surface area contributed by atoms with E-state index in [1.807, 2.05) is 42.5 Å².